The van der Waals surface area contributed by atoms with Gasteiger partial charge in [0, 0.05) is 6.61 Å². The molecule has 0 rings (SSSR count). The summed E-state index contributed by atoms with van der Waals surface area (Å²) in [6, 6.07) is 4.04. The molecule has 18 heavy (non-hydrogen) atoms. The monoisotopic (exact) mass is 254 g/mol. The van der Waals surface area contributed by atoms with E-state index in [2.05, 4.69) is 6.92 Å². The predicted molar refractivity (Wildman–Crippen MR) is 66.7 cm³/mol. The van der Waals surface area contributed by atoms with Crippen LogP contribution in [-0.2, 0) is 14.2 Å². The topological polar surface area (TPSA) is 75.3 Å². The lowest BCUT2D eigenvalue weighted by Crippen LogP contribution is -2.26. The second-order valence-electron chi connectivity index (χ2n) is 3.81. The summed E-state index contributed by atoms with van der Waals surface area (Å²) >= 11 is 0. The molecule has 0 fully saturated rings. The van der Waals surface area contributed by atoms with Crippen molar-refractivity contribution < 1.29 is 14.2 Å². The zero-order valence-corrected chi connectivity index (χ0v) is 11.1. The van der Waals surface area contributed by atoms with Gasteiger partial charge < -0.3 is 14.2 Å². The quantitative estimate of drug-likeness (QED) is 0.498. The molecule has 0 aliphatic rings. The zero-order chi connectivity index (χ0) is 13.5. The summed E-state index contributed by atoms with van der Waals surface area (Å²) in [5, 5.41) is 16.8. The average molecular weight is 254 g/mol. The first-order valence-electron chi connectivity index (χ1n) is 6.36. The summed E-state index contributed by atoms with van der Waals surface area (Å²) in [5.74, 6) is 0. The molecule has 1 atom stereocenters. The summed E-state index contributed by atoms with van der Waals surface area (Å²) in [6.07, 6.45) is 2.71. The van der Waals surface area contributed by atoms with E-state index in [9.17, 15) is 0 Å². The van der Waals surface area contributed by atoms with Gasteiger partial charge in [-0.2, -0.15) is 10.5 Å². The van der Waals surface area contributed by atoms with Gasteiger partial charge in [-0.3, -0.25) is 0 Å². The fraction of sp³-hybridized carbons (Fsp3) is 0.846. The van der Waals surface area contributed by atoms with E-state index in [-0.39, 0.29) is 6.10 Å². The maximum Gasteiger partial charge on any atom is 0.104 e. The molecule has 0 bridgehead atoms. The summed E-state index contributed by atoms with van der Waals surface area (Å²) in [4.78, 5) is 0. The molecule has 0 saturated carbocycles. The van der Waals surface area contributed by atoms with Crippen LogP contribution in [0.25, 0.3) is 0 Å². The van der Waals surface area contributed by atoms with Crippen molar-refractivity contribution in [2.24, 2.45) is 0 Å². The zero-order valence-electron chi connectivity index (χ0n) is 11.1. The van der Waals surface area contributed by atoms with Gasteiger partial charge in [0.2, 0.25) is 0 Å². The van der Waals surface area contributed by atoms with Crippen molar-refractivity contribution in [2.45, 2.75) is 38.7 Å². The molecule has 0 aromatic heterocycles. The van der Waals surface area contributed by atoms with E-state index in [0.717, 1.165) is 12.8 Å². The maximum atomic E-state index is 8.44. The standard InChI is InChI=1S/C13H22N2O3/c1-2-3-8-16-11-13(18-10-5-7-15)12-17-9-4-6-14/h13H,2-5,8-12H2,1H3. The lowest BCUT2D eigenvalue weighted by atomic mass is 10.3. The molecule has 0 aromatic rings. The minimum absolute atomic E-state index is 0.158. The van der Waals surface area contributed by atoms with Crippen LogP contribution in [0.3, 0.4) is 0 Å². The van der Waals surface area contributed by atoms with Crippen molar-refractivity contribution in [2.75, 3.05) is 33.0 Å². The van der Waals surface area contributed by atoms with E-state index >= 15 is 0 Å². The van der Waals surface area contributed by atoms with Crippen LogP contribution >= 0.6 is 0 Å². The Bertz CT molecular complexity index is 258. The van der Waals surface area contributed by atoms with E-state index in [1.165, 1.54) is 0 Å². The third-order valence-electron chi connectivity index (χ3n) is 2.18. The van der Waals surface area contributed by atoms with E-state index < -0.39 is 0 Å². The predicted octanol–water partition coefficient (Wildman–Crippen LogP) is 2.03. The van der Waals surface area contributed by atoms with E-state index in [1.54, 1.807) is 0 Å². The summed E-state index contributed by atoms with van der Waals surface area (Å²) in [7, 11) is 0. The van der Waals surface area contributed by atoms with Gasteiger partial charge in [-0.25, -0.2) is 0 Å². The second-order valence-corrected chi connectivity index (χ2v) is 3.81. The number of rotatable bonds is 12. The summed E-state index contributed by atoms with van der Waals surface area (Å²) < 4.78 is 16.3. The molecule has 102 valence electrons. The van der Waals surface area contributed by atoms with Crippen molar-refractivity contribution in [1.82, 2.24) is 0 Å². The van der Waals surface area contributed by atoms with Gasteiger partial charge in [-0.15, -0.1) is 0 Å². The van der Waals surface area contributed by atoms with Gasteiger partial charge in [0.1, 0.15) is 6.10 Å². The molecule has 0 aliphatic carbocycles. The van der Waals surface area contributed by atoms with Gasteiger partial charge in [-0.1, -0.05) is 13.3 Å². The Morgan fingerprint density at radius 1 is 0.944 bits per heavy atom. The highest BCUT2D eigenvalue weighted by Crippen LogP contribution is 1.99. The second kappa shape index (κ2) is 13.9. The van der Waals surface area contributed by atoms with Crippen molar-refractivity contribution in [1.29, 1.82) is 10.5 Å². The molecule has 0 amide bonds. The Morgan fingerprint density at radius 2 is 1.56 bits per heavy atom. The molecule has 0 heterocycles. The van der Waals surface area contributed by atoms with Crippen LogP contribution in [0, 0.1) is 22.7 Å². The maximum absolute atomic E-state index is 8.44. The number of ether oxygens (including phenoxy) is 3. The van der Waals surface area contributed by atoms with Crippen molar-refractivity contribution >= 4 is 0 Å². The largest absolute Gasteiger partial charge is 0.379 e. The normalized spacial score (nSPS) is 11.7. The Kier molecular flexibility index (Phi) is 13.0. The fourth-order valence-corrected chi connectivity index (χ4v) is 1.21. The Balaban J connectivity index is 3.70. The lowest BCUT2D eigenvalue weighted by Gasteiger charge is -2.17. The number of hydrogen-bond acceptors (Lipinski definition) is 5. The SMILES string of the molecule is CCCCOCC(COCCC#N)OCCC#N. The number of nitriles is 2. The third-order valence-corrected chi connectivity index (χ3v) is 2.18. The molecule has 0 radical (unpaired) electrons. The first-order valence-corrected chi connectivity index (χ1v) is 6.36. The van der Waals surface area contributed by atoms with Crippen molar-refractivity contribution in [3.63, 3.8) is 0 Å². The smallest absolute Gasteiger partial charge is 0.104 e. The van der Waals surface area contributed by atoms with Crippen molar-refractivity contribution in [3.8, 4) is 12.1 Å². The third kappa shape index (κ3) is 11.3. The fourth-order valence-electron chi connectivity index (χ4n) is 1.21. The molecule has 0 spiro atoms. The molecule has 0 saturated heterocycles. The summed E-state index contributed by atoms with van der Waals surface area (Å²) in [5.41, 5.74) is 0. The first-order chi connectivity index (χ1) is 8.85. The van der Waals surface area contributed by atoms with Gasteiger partial charge in [0.15, 0.2) is 0 Å². The highest BCUT2D eigenvalue weighted by Gasteiger charge is 2.09. The van der Waals surface area contributed by atoms with Gasteiger partial charge in [0.05, 0.1) is 51.4 Å². The van der Waals surface area contributed by atoms with E-state index in [4.69, 9.17) is 24.7 Å². The molecular formula is C13H22N2O3. The highest BCUT2D eigenvalue weighted by atomic mass is 16.6. The minimum Gasteiger partial charge on any atom is -0.379 e. The van der Waals surface area contributed by atoms with E-state index in [1.807, 2.05) is 12.1 Å². The highest BCUT2D eigenvalue weighted by molar-refractivity contribution is 4.69. The average Bonchev–Trinajstić information content (AvgIpc) is 2.39. The van der Waals surface area contributed by atoms with Crippen molar-refractivity contribution in [3.05, 3.63) is 0 Å². The number of hydrogen-bond donors (Lipinski definition) is 0. The van der Waals surface area contributed by atoms with E-state index in [0.29, 0.717) is 45.9 Å². The van der Waals surface area contributed by atoms with Crippen LogP contribution in [-0.4, -0.2) is 39.1 Å². The molecule has 0 aliphatic heterocycles. The number of nitrogens with zero attached hydrogens (tertiary/aromatic N) is 2. The molecule has 0 N–H and O–H groups in total. The van der Waals surface area contributed by atoms with Gasteiger partial charge in [-0.05, 0) is 6.42 Å². The van der Waals surface area contributed by atoms with Crippen LogP contribution in [0.5, 0.6) is 0 Å². The van der Waals surface area contributed by atoms with Crippen LogP contribution in [0.15, 0.2) is 0 Å². The van der Waals surface area contributed by atoms with Gasteiger partial charge in [0.25, 0.3) is 0 Å². The molecule has 5 heteroatoms. The van der Waals surface area contributed by atoms with Crippen LogP contribution in [0.2, 0.25) is 0 Å². The number of unbranched alkanes of at least 4 members (excludes halogenated alkanes) is 1. The van der Waals surface area contributed by atoms with Crippen LogP contribution in [0.1, 0.15) is 32.6 Å². The molecule has 1 unspecified atom stereocenters. The first kappa shape index (κ1) is 16.9. The lowest BCUT2D eigenvalue weighted by molar-refractivity contribution is -0.0580. The molecule has 0 aromatic carbocycles. The van der Waals surface area contributed by atoms with Crippen LogP contribution < -0.4 is 0 Å². The molecule has 5 nitrogen and oxygen atoms in total. The minimum atomic E-state index is -0.158. The summed E-state index contributed by atoms with van der Waals surface area (Å²) in [6.45, 7) is 4.49. The van der Waals surface area contributed by atoms with Gasteiger partial charge >= 0.3 is 0 Å². The Morgan fingerprint density at radius 3 is 2.17 bits per heavy atom. The molecular weight excluding hydrogens is 232 g/mol. The van der Waals surface area contributed by atoms with Crippen LogP contribution in [0.4, 0.5) is 0 Å². The Labute approximate surface area is 109 Å². The Hall–Kier alpha value is -1.14.